The van der Waals surface area contributed by atoms with Gasteiger partial charge in [0.05, 0.1) is 6.10 Å². The lowest BCUT2D eigenvalue weighted by molar-refractivity contribution is -0.119. The van der Waals surface area contributed by atoms with Gasteiger partial charge in [-0.3, -0.25) is 4.79 Å². The van der Waals surface area contributed by atoms with Crippen LogP contribution >= 0.6 is 0 Å². The predicted molar refractivity (Wildman–Crippen MR) is 46.9 cm³/mol. The monoisotopic (exact) mass is 174 g/mol. The average molecular weight is 174 g/mol. The minimum atomic E-state index is -0.271. The van der Waals surface area contributed by atoms with Gasteiger partial charge in [0.2, 0.25) is 0 Å². The van der Waals surface area contributed by atoms with E-state index in [0.29, 0.717) is 12.8 Å². The third-order valence-electron chi connectivity index (χ3n) is 1.85. The van der Waals surface area contributed by atoms with Crippen LogP contribution in [0, 0.1) is 0 Å². The molecule has 0 aromatic rings. The van der Waals surface area contributed by atoms with E-state index >= 15 is 0 Å². The van der Waals surface area contributed by atoms with E-state index in [9.17, 15) is 4.79 Å². The lowest BCUT2D eigenvalue weighted by Gasteiger charge is -2.05. The molecule has 0 aliphatic carbocycles. The van der Waals surface area contributed by atoms with E-state index in [1.165, 1.54) is 0 Å². The van der Waals surface area contributed by atoms with Gasteiger partial charge in [-0.25, -0.2) is 0 Å². The fourth-order valence-corrected chi connectivity index (χ4v) is 0.989. The maximum Gasteiger partial charge on any atom is 0.135 e. The first kappa shape index (κ1) is 11.6. The zero-order valence-corrected chi connectivity index (χ0v) is 7.62. The maximum absolute atomic E-state index is 10.9. The van der Waals surface area contributed by atoms with E-state index in [4.69, 9.17) is 10.2 Å². The first-order valence-electron chi connectivity index (χ1n) is 4.51. The Morgan fingerprint density at radius 3 is 2.58 bits per heavy atom. The second-order valence-corrected chi connectivity index (χ2v) is 2.97. The van der Waals surface area contributed by atoms with E-state index in [1.807, 2.05) is 6.92 Å². The molecule has 0 aromatic carbocycles. The molecule has 3 heteroatoms. The largest absolute Gasteiger partial charge is 0.396 e. The van der Waals surface area contributed by atoms with Crippen molar-refractivity contribution in [1.29, 1.82) is 0 Å². The Labute approximate surface area is 73.4 Å². The summed E-state index contributed by atoms with van der Waals surface area (Å²) in [4.78, 5) is 10.9. The number of aliphatic hydroxyl groups excluding tert-OH is 2. The fourth-order valence-electron chi connectivity index (χ4n) is 0.989. The van der Waals surface area contributed by atoms with Crippen molar-refractivity contribution in [2.45, 2.75) is 45.1 Å². The Kier molecular flexibility index (Phi) is 7.00. The molecule has 0 amide bonds. The van der Waals surface area contributed by atoms with Crippen LogP contribution in [-0.2, 0) is 4.79 Å². The molecule has 0 bridgehead atoms. The minimum Gasteiger partial charge on any atom is -0.396 e. The number of hydrogen-bond donors (Lipinski definition) is 2. The van der Waals surface area contributed by atoms with Crippen LogP contribution in [0.3, 0.4) is 0 Å². The lowest BCUT2D eigenvalue weighted by Crippen LogP contribution is -2.06. The molecule has 12 heavy (non-hydrogen) atoms. The highest BCUT2D eigenvalue weighted by Crippen LogP contribution is 2.05. The molecule has 0 aromatic heterocycles. The van der Waals surface area contributed by atoms with Crippen molar-refractivity contribution in [3.8, 4) is 0 Å². The molecule has 0 spiro atoms. The smallest absolute Gasteiger partial charge is 0.135 e. The molecular formula is C9H18O3. The molecule has 3 nitrogen and oxygen atoms in total. The third-order valence-corrected chi connectivity index (χ3v) is 1.85. The Hall–Kier alpha value is -0.410. The number of aliphatic hydroxyl groups is 2. The highest BCUT2D eigenvalue weighted by Gasteiger charge is 2.03. The van der Waals surface area contributed by atoms with Gasteiger partial charge < -0.3 is 10.2 Å². The predicted octanol–water partition coefficient (Wildman–Crippen LogP) is 0.879. The summed E-state index contributed by atoms with van der Waals surface area (Å²) >= 11 is 0. The quantitative estimate of drug-likeness (QED) is 0.602. The number of hydrogen-bond acceptors (Lipinski definition) is 3. The van der Waals surface area contributed by atoms with Gasteiger partial charge in [-0.2, -0.15) is 0 Å². The molecule has 0 aliphatic heterocycles. The van der Waals surface area contributed by atoms with Crippen LogP contribution in [0.15, 0.2) is 0 Å². The van der Waals surface area contributed by atoms with Gasteiger partial charge >= 0.3 is 0 Å². The van der Waals surface area contributed by atoms with E-state index < -0.39 is 0 Å². The van der Waals surface area contributed by atoms with E-state index in [0.717, 1.165) is 12.8 Å². The van der Waals surface area contributed by atoms with Crippen LogP contribution in [0.25, 0.3) is 0 Å². The summed E-state index contributed by atoms with van der Waals surface area (Å²) in [6.07, 6.45) is 2.63. The zero-order chi connectivity index (χ0) is 9.40. The van der Waals surface area contributed by atoms with E-state index in [-0.39, 0.29) is 24.9 Å². The van der Waals surface area contributed by atoms with Crippen LogP contribution in [0.2, 0.25) is 0 Å². The van der Waals surface area contributed by atoms with Crippen molar-refractivity contribution in [3.05, 3.63) is 0 Å². The molecule has 0 rings (SSSR count). The summed E-state index contributed by atoms with van der Waals surface area (Å²) < 4.78 is 0. The first-order chi connectivity index (χ1) is 5.70. The number of ketones is 1. The molecule has 72 valence electrons. The molecule has 0 radical (unpaired) electrons. The van der Waals surface area contributed by atoms with Crippen LogP contribution < -0.4 is 0 Å². The Bertz CT molecular complexity index is 123. The number of Topliss-reactive ketones (excluding diaryl/α,β-unsaturated/α-hetero) is 1. The van der Waals surface area contributed by atoms with Crippen molar-refractivity contribution >= 4 is 5.78 Å². The highest BCUT2D eigenvalue weighted by molar-refractivity contribution is 5.78. The van der Waals surface area contributed by atoms with Crippen LogP contribution in [0.4, 0.5) is 0 Å². The Morgan fingerprint density at radius 2 is 2.08 bits per heavy atom. The molecule has 1 unspecified atom stereocenters. The van der Waals surface area contributed by atoms with Gasteiger partial charge in [-0.05, 0) is 19.3 Å². The first-order valence-corrected chi connectivity index (χ1v) is 4.51. The van der Waals surface area contributed by atoms with Gasteiger partial charge in [-0.1, -0.05) is 6.92 Å². The standard InChI is InChI=1S/C9H18O3/c1-2-8(11)4-3-5-9(12)6-7-10/h8,10-11H,2-7H2,1H3. The van der Waals surface area contributed by atoms with Crippen LogP contribution in [0.1, 0.15) is 39.0 Å². The SMILES string of the molecule is CCC(O)CCCC(=O)CCO. The van der Waals surface area contributed by atoms with Crippen molar-refractivity contribution in [2.75, 3.05) is 6.61 Å². The summed E-state index contributed by atoms with van der Waals surface area (Å²) in [5.74, 6) is 0.0841. The summed E-state index contributed by atoms with van der Waals surface area (Å²) in [6, 6.07) is 0. The van der Waals surface area contributed by atoms with Gasteiger partial charge in [0, 0.05) is 19.4 Å². The van der Waals surface area contributed by atoms with Crippen molar-refractivity contribution in [3.63, 3.8) is 0 Å². The topological polar surface area (TPSA) is 57.5 Å². The fraction of sp³-hybridized carbons (Fsp3) is 0.889. The van der Waals surface area contributed by atoms with E-state index in [1.54, 1.807) is 0 Å². The van der Waals surface area contributed by atoms with Crippen molar-refractivity contribution in [2.24, 2.45) is 0 Å². The molecule has 0 aliphatic rings. The molecule has 1 atom stereocenters. The van der Waals surface area contributed by atoms with E-state index in [2.05, 4.69) is 0 Å². The van der Waals surface area contributed by atoms with Crippen molar-refractivity contribution < 1.29 is 15.0 Å². The molecule has 2 N–H and O–H groups in total. The van der Waals surface area contributed by atoms with Gasteiger partial charge in [0.15, 0.2) is 0 Å². The normalized spacial score (nSPS) is 12.9. The summed E-state index contributed by atoms with van der Waals surface area (Å²) in [6.45, 7) is 1.86. The molecule has 0 fully saturated rings. The summed E-state index contributed by atoms with van der Waals surface area (Å²) in [5.41, 5.74) is 0. The molecule has 0 saturated heterocycles. The lowest BCUT2D eigenvalue weighted by atomic mass is 10.1. The zero-order valence-electron chi connectivity index (χ0n) is 7.62. The molecule has 0 saturated carbocycles. The average Bonchev–Trinajstić information content (AvgIpc) is 2.04. The second-order valence-electron chi connectivity index (χ2n) is 2.97. The van der Waals surface area contributed by atoms with Crippen LogP contribution in [-0.4, -0.2) is 28.7 Å². The maximum atomic E-state index is 10.9. The Balaban J connectivity index is 3.24. The van der Waals surface area contributed by atoms with Crippen LogP contribution in [0.5, 0.6) is 0 Å². The summed E-state index contributed by atoms with van der Waals surface area (Å²) in [5, 5.41) is 17.6. The molecule has 0 heterocycles. The van der Waals surface area contributed by atoms with Crippen molar-refractivity contribution in [1.82, 2.24) is 0 Å². The summed E-state index contributed by atoms with van der Waals surface area (Å²) in [7, 11) is 0. The second kappa shape index (κ2) is 7.25. The van der Waals surface area contributed by atoms with Gasteiger partial charge in [0.1, 0.15) is 5.78 Å². The molecular weight excluding hydrogens is 156 g/mol. The Morgan fingerprint density at radius 1 is 1.42 bits per heavy atom. The minimum absolute atomic E-state index is 0.0604. The number of rotatable bonds is 7. The number of carbonyl (C=O) groups is 1. The van der Waals surface area contributed by atoms with Gasteiger partial charge in [-0.15, -0.1) is 0 Å². The third kappa shape index (κ3) is 6.31. The van der Waals surface area contributed by atoms with Gasteiger partial charge in [0.25, 0.3) is 0 Å². The number of carbonyl (C=O) groups excluding carboxylic acids is 1. The highest BCUT2D eigenvalue weighted by atomic mass is 16.3.